The lowest BCUT2D eigenvalue weighted by atomic mass is 10.2. The maximum Gasteiger partial charge on any atom is 0.269 e. The first-order chi connectivity index (χ1) is 10.1. The summed E-state index contributed by atoms with van der Waals surface area (Å²) in [5.41, 5.74) is 13.7. The van der Waals surface area contributed by atoms with Gasteiger partial charge in [-0.1, -0.05) is 0 Å². The molecule has 0 aliphatic carbocycles. The molecular weight excluding hydrogens is 304 g/mol. The van der Waals surface area contributed by atoms with Crippen molar-refractivity contribution >= 4 is 35.7 Å². The highest BCUT2D eigenvalue weighted by Crippen LogP contribution is 2.13. The SMILES string of the molecule is Cl.NC(=NC=Cc1ccc([N+](=O)[O-])cc1)c1ccc(N)cc1. The topological polar surface area (TPSA) is 108 Å². The molecule has 2 aromatic rings. The number of hydrogen-bond donors (Lipinski definition) is 2. The van der Waals surface area contributed by atoms with Crippen molar-refractivity contribution in [2.24, 2.45) is 10.7 Å². The minimum Gasteiger partial charge on any atom is -0.399 e. The number of nitro groups is 1. The van der Waals surface area contributed by atoms with E-state index >= 15 is 0 Å². The van der Waals surface area contributed by atoms with Gasteiger partial charge in [0.2, 0.25) is 0 Å². The number of rotatable bonds is 4. The third-order valence-corrected chi connectivity index (χ3v) is 2.79. The molecule has 0 aromatic heterocycles. The van der Waals surface area contributed by atoms with Gasteiger partial charge in [0.1, 0.15) is 5.84 Å². The van der Waals surface area contributed by atoms with Gasteiger partial charge < -0.3 is 11.5 Å². The third kappa shape index (κ3) is 4.60. The van der Waals surface area contributed by atoms with E-state index in [1.807, 2.05) is 0 Å². The molecule has 6 nitrogen and oxygen atoms in total. The zero-order chi connectivity index (χ0) is 15.2. The second kappa shape index (κ2) is 7.80. The van der Waals surface area contributed by atoms with E-state index in [0.29, 0.717) is 11.5 Å². The van der Waals surface area contributed by atoms with Crippen LogP contribution >= 0.6 is 12.4 Å². The molecular formula is C15H15ClN4O2. The number of hydrogen-bond acceptors (Lipinski definition) is 4. The van der Waals surface area contributed by atoms with Crippen LogP contribution in [0.1, 0.15) is 11.1 Å². The molecule has 0 aliphatic heterocycles. The summed E-state index contributed by atoms with van der Waals surface area (Å²) in [5, 5.41) is 10.5. The van der Waals surface area contributed by atoms with Crippen LogP contribution in [0.15, 0.2) is 59.7 Å². The fourth-order valence-corrected chi connectivity index (χ4v) is 1.64. The number of nitrogens with two attached hydrogens (primary N) is 2. The summed E-state index contributed by atoms with van der Waals surface area (Å²) in [4.78, 5) is 14.2. The van der Waals surface area contributed by atoms with Crippen LogP contribution in [-0.2, 0) is 0 Å². The third-order valence-electron chi connectivity index (χ3n) is 2.79. The predicted octanol–water partition coefficient (Wildman–Crippen LogP) is 2.98. The van der Waals surface area contributed by atoms with Crippen molar-refractivity contribution in [3.8, 4) is 0 Å². The number of nitrogen functional groups attached to an aromatic ring is 1. The Hall–Kier alpha value is -2.86. The molecule has 4 N–H and O–H groups in total. The van der Waals surface area contributed by atoms with Crippen molar-refractivity contribution in [1.29, 1.82) is 0 Å². The lowest BCUT2D eigenvalue weighted by Crippen LogP contribution is -2.12. The zero-order valence-electron chi connectivity index (χ0n) is 11.5. The van der Waals surface area contributed by atoms with E-state index in [9.17, 15) is 10.1 Å². The summed E-state index contributed by atoms with van der Waals surface area (Å²) >= 11 is 0. The van der Waals surface area contributed by atoms with Crippen LogP contribution in [0.4, 0.5) is 11.4 Å². The van der Waals surface area contributed by atoms with Crippen LogP contribution in [0.5, 0.6) is 0 Å². The number of benzene rings is 2. The molecule has 0 unspecified atom stereocenters. The second-order valence-electron chi connectivity index (χ2n) is 4.30. The first kappa shape index (κ1) is 17.2. The van der Waals surface area contributed by atoms with E-state index in [1.54, 1.807) is 48.7 Å². The first-order valence-corrected chi connectivity index (χ1v) is 6.16. The van der Waals surface area contributed by atoms with E-state index in [-0.39, 0.29) is 18.1 Å². The normalized spacial score (nSPS) is 11.2. The molecule has 0 saturated heterocycles. The minimum absolute atomic E-state index is 0. The quantitative estimate of drug-likeness (QED) is 0.297. The van der Waals surface area contributed by atoms with E-state index in [0.717, 1.165) is 11.1 Å². The molecule has 22 heavy (non-hydrogen) atoms. The molecule has 0 aliphatic rings. The number of halogens is 1. The van der Waals surface area contributed by atoms with Gasteiger partial charge in [-0.15, -0.1) is 12.4 Å². The van der Waals surface area contributed by atoms with Crippen molar-refractivity contribution in [2.75, 3.05) is 5.73 Å². The fraction of sp³-hybridized carbons (Fsp3) is 0. The molecule has 0 saturated carbocycles. The Morgan fingerprint density at radius 1 is 1.09 bits per heavy atom. The maximum absolute atomic E-state index is 10.5. The molecule has 114 valence electrons. The van der Waals surface area contributed by atoms with Crippen molar-refractivity contribution in [3.63, 3.8) is 0 Å². The van der Waals surface area contributed by atoms with Gasteiger partial charge in [-0.05, 0) is 48.0 Å². The van der Waals surface area contributed by atoms with Crippen molar-refractivity contribution in [2.45, 2.75) is 0 Å². The Morgan fingerprint density at radius 2 is 1.68 bits per heavy atom. The average Bonchev–Trinajstić information content (AvgIpc) is 2.48. The van der Waals surface area contributed by atoms with Gasteiger partial charge in [0.05, 0.1) is 4.92 Å². The zero-order valence-corrected chi connectivity index (χ0v) is 12.4. The number of non-ortho nitro benzene ring substituents is 1. The number of nitrogens with zero attached hydrogens (tertiary/aromatic N) is 2. The lowest BCUT2D eigenvalue weighted by Gasteiger charge is -1.99. The summed E-state index contributed by atoms with van der Waals surface area (Å²) in [6.07, 6.45) is 3.26. The highest BCUT2D eigenvalue weighted by molar-refractivity contribution is 5.98. The Bertz CT molecular complexity index is 694. The van der Waals surface area contributed by atoms with E-state index in [1.165, 1.54) is 12.1 Å². The average molecular weight is 319 g/mol. The summed E-state index contributed by atoms with van der Waals surface area (Å²) < 4.78 is 0. The van der Waals surface area contributed by atoms with Crippen LogP contribution in [0.3, 0.4) is 0 Å². The van der Waals surface area contributed by atoms with Gasteiger partial charge in [0.15, 0.2) is 0 Å². The van der Waals surface area contributed by atoms with Crippen molar-refractivity contribution < 1.29 is 4.92 Å². The molecule has 0 radical (unpaired) electrons. The Balaban J connectivity index is 0.00000242. The standard InChI is InChI=1S/C15H14N4O2.ClH/c16-13-5-3-12(4-6-13)15(17)18-10-9-11-1-7-14(8-2-11)19(20)21;/h1-10H,16H2,(H2,17,18);1H. The van der Waals surface area contributed by atoms with Crippen LogP contribution in [0, 0.1) is 10.1 Å². The molecule has 0 heterocycles. The summed E-state index contributed by atoms with van der Waals surface area (Å²) in [6.45, 7) is 0. The Labute approximate surface area is 133 Å². The lowest BCUT2D eigenvalue weighted by molar-refractivity contribution is -0.384. The molecule has 0 atom stereocenters. The van der Waals surface area contributed by atoms with Gasteiger partial charge in [0.25, 0.3) is 5.69 Å². The largest absolute Gasteiger partial charge is 0.399 e. The summed E-state index contributed by atoms with van der Waals surface area (Å²) in [5.74, 6) is 0.369. The number of nitro benzene ring substituents is 1. The second-order valence-corrected chi connectivity index (χ2v) is 4.30. The van der Waals surface area contributed by atoms with Gasteiger partial charge in [-0.25, -0.2) is 4.99 Å². The predicted molar refractivity (Wildman–Crippen MR) is 91.0 cm³/mol. The van der Waals surface area contributed by atoms with Gasteiger partial charge in [-0.3, -0.25) is 10.1 Å². The van der Waals surface area contributed by atoms with E-state index < -0.39 is 4.92 Å². The van der Waals surface area contributed by atoms with Gasteiger partial charge in [-0.2, -0.15) is 0 Å². The Morgan fingerprint density at radius 3 is 2.23 bits per heavy atom. The smallest absolute Gasteiger partial charge is 0.269 e. The Kier molecular flexibility index (Phi) is 6.09. The fourth-order valence-electron chi connectivity index (χ4n) is 1.64. The molecule has 0 bridgehead atoms. The molecule has 0 fully saturated rings. The number of amidine groups is 1. The summed E-state index contributed by atoms with van der Waals surface area (Å²) in [6, 6.07) is 13.2. The van der Waals surface area contributed by atoms with Crippen molar-refractivity contribution in [3.05, 3.63) is 76.0 Å². The molecule has 0 amide bonds. The van der Waals surface area contributed by atoms with Crippen LogP contribution in [-0.4, -0.2) is 10.8 Å². The van der Waals surface area contributed by atoms with Crippen LogP contribution in [0.2, 0.25) is 0 Å². The van der Waals surface area contributed by atoms with Crippen LogP contribution < -0.4 is 11.5 Å². The van der Waals surface area contributed by atoms with Crippen molar-refractivity contribution in [1.82, 2.24) is 0 Å². The van der Waals surface area contributed by atoms with Gasteiger partial charge in [0, 0.05) is 29.6 Å². The number of anilines is 1. The summed E-state index contributed by atoms with van der Waals surface area (Å²) in [7, 11) is 0. The minimum atomic E-state index is -0.440. The maximum atomic E-state index is 10.5. The highest BCUT2D eigenvalue weighted by atomic mass is 35.5. The number of aliphatic imine (C=N–C) groups is 1. The monoisotopic (exact) mass is 318 g/mol. The van der Waals surface area contributed by atoms with Crippen LogP contribution in [0.25, 0.3) is 6.08 Å². The molecule has 2 rings (SSSR count). The highest BCUT2D eigenvalue weighted by Gasteiger charge is 2.02. The molecule has 0 spiro atoms. The molecule has 2 aromatic carbocycles. The van der Waals surface area contributed by atoms with E-state index in [2.05, 4.69) is 4.99 Å². The molecule has 7 heteroatoms. The van der Waals surface area contributed by atoms with E-state index in [4.69, 9.17) is 11.5 Å². The first-order valence-electron chi connectivity index (χ1n) is 6.16. The van der Waals surface area contributed by atoms with Gasteiger partial charge >= 0.3 is 0 Å².